The number of anilines is 1. The Labute approximate surface area is 114 Å². The second kappa shape index (κ2) is 5.26. The quantitative estimate of drug-likeness (QED) is 0.897. The van der Waals surface area contributed by atoms with Crippen LogP contribution < -0.4 is 10.6 Å². The summed E-state index contributed by atoms with van der Waals surface area (Å²) < 4.78 is 38.0. The van der Waals surface area contributed by atoms with Crippen molar-refractivity contribution in [1.29, 1.82) is 0 Å². The second-order valence-electron chi connectivity index (χ2n) is 4.92. The van der Waals surface area contributed by atoms with E-state index in [2.05, 4.69) is 9.97 Å². The zero-order chi connectivity index (χ0) is 14.9. The molecular formula is C12H15F3N4O. The van der Waals surface area contributed by atoms with E-state index in [1.165, 1.54) is 0 Å². The van der Waals surface area contributed by atoms with Crippen molar-refractivity contribution in [2.24, 2.45) is 11.7 Å². The molecule has 1 fully saturated rings. The van der Waals surface area contributed by atoms with Crippen LogP contribution in [-0.4, -0.2) is 28.5 Å². The highest BCUT2D eigenvalue weighted by atomic mass is 19.4. The molecule has 0 saturated carbocycles. The Morgan fingerprint density at radius 3 is 2.75 bits per heavy atom. The summed E-state index contributed by atoms with van der Waals surface area (Å²) in [6.07, 6.45) is -2.15. The molecule has 0 aromatic carbocycles. The van der Waals surface area contributed by atoms with E-state index in [4.69, 9.17) is 5.73 Å². The number of hydrogen-bond acceptors (Lipinski definition) is 4. The summed E-state index contributed by atoms with van der Waals surface area (Å²) >= 11 is 0. The van der Waals surface area contributed by atoms with Crippen molar-refractivity contribution in [1.82, 2.24) is 9.97 Å². The minimum atomic E-state index is -4.51. The Morgan fingerprint density at radius 1 is 1.45 bits per heavy atom. The van der Waals surface area contributed by atoms with Crippen LogP contribution in [0.15, 0.2) is 12.3 Å². The topological polar surface area (TPSA) is 72.1 Å². The number of hydrogen-bond donors (Lipinski definition) is 1. The summed E-state index contributed by atoms with van der Waals surface area (Å²) in [7, 11) is 0. The van der Waals surface area contributed by atoms with Crippen LogP contribution in [-0.2, 0) is 11.0 Å². The van der Waals surface area contributed by atoms with Gasteiger partial charge in [-0.25, -0.2) is 9.97 Å². The molecule has 1 aromatic heterocycles. The monoisotopic (exact) mass is 288 g/mol. The average molecular weight is 288 g/mol. The Balaban J connectivity index is 2.27. The van der Waals surface area contributed by atoms with Crippen LogP contribution in [0.5, 0.6) is 0 Å². The maximum absolute atomic E-state index is 12.7. The number of carbonyl (C=O) groups excluding carboxylic acids is 1. The zero-order valence-corrected chi connectivity index (χ0v) is 10.9. The first-order valence-electron chi connectivity index (χ1n) is 6.25. The van der Waals surface area contributed by atoms with Crippen LogP contribution in [0.4, 0.5) is 19.1 Å². The van der Waals surface area contributed by atoms with E-state index in [1.807, 2.05) is 6.92 Å². The number of alkyl halides is 3. The fourth-order valence-electron chi connectivity index (χ4n) is 2.26. The first kappa shape index (κ1) is 14.5. The van der Waals surface area contributed by atoms with Gasteiger partial charge in [-0.05, 0) is 25.8 Å². The van der Waals surface area contributed by atoms with E-state index >= 15 is 0 Å². The van der Waals surface area contributed by atoms with Crippen molar-refractivity contribution < 1.29 is 18.0 Å². The van der Waals surface area contributed by atoms with Crippen molar-refractivity contribution >= 4 is 11.9 Å². The first-order chi connectivity index (χ1) is 9.29. The third-order valence-electron chi connectivity index (χ3n) is 3.47. The maximum atomic E-state index is 12.7. The highest BCUT2D eigenvalue weighted by molar-refractivity contribution is 5.77. The summed E-state index contributed by atoms with van der Waals surface area (Å²) in [6, 6.07) is 0.790. The van der Waals surface area contributed by atoms with Crippen LogP contribution >= 0.6 is 0 Å². The normalized spacial score (nSPS) is 23.7. The maximum Gasteiger partial charge on any atom is 0.433 e. The van der Waals surface area contributed by atoms with Gasteiger partial charge in [0.1, 0.15) is 5.69 Å². The molecule has 0 aliphatic carbocycles. The van der Waals surface area contributed by atoms with E-state index in [-0.39, 0.29) is 24.5 Å². The lowest BCUT2D eigenvalue weighted by molar-refractivity contribution is -0.141. The summed E-state index contributed by atoms with van der Waals surface area (Å²) in [4.78, 5) is 20.3. The molecule has 1 aliphatic rings. The number of rotatable bonds is 2. The highest BCUT2D eigenvalue weighted by Gasteiger charge is 2.35. The number of aromatic nitrogens is 2. The second-order valence-corrected chi connectivity index (χ2v) is 4.92. The molecule has 20 heavy (non-hydrogen) atoms. The van der Waals surface area contributed by atoms with Gasteiger partial charge in [0.2, 0.25) is 11.9 Å². The van der Waals surface area contributed by atoms with Crippen molar-refractivity contribution in [2.45, 2.75) is 32.0 Å². The Hall–Kier alpha value is -1.86. The zero-order valence-electron chi connectivity index (χ0n) is 10.9. The lowest BCUT2D eigenvalue weighted by atomic mass is 9.93. The van der Waals surface area contributed by atoms with Gasteiger partial charge in [-0.1, -0.05) is 0 Å². The third-order valence-corrected chi connectivity index (χ3v) is 3.47. The number of nitrogens with zero attached hydrogens (tertiary/aromatic N) is 3. The number of amides is 1. The lowest BCUT2D eigenvalue weighted by Crippen LogP contribution is -2.46. The van der Waals surface area contributed by atoms with E-state index in [0.29, 0.717) is 12.8 Å². The third kappa shape index (κ3) is 3.00. The Morgan fingerprint density at radius 2 is 2.15 bits per heavy atom. The summed E-state index contributed by atoms with van der Waals surface area (Å²) in [6.45, 7) is 2.11. The standard InChI is InChI=1S/C12H15F3N4O/c1-7-2-3-8(10(16)20)6-19(7)11-17-5-4-9(18-11)12(13,14)15/h4-5,7-8H,2-3,6H2,1H3,(H2,16,20)/t7-,8+/m1/s1. The molecule has 8 heteroatoms. The van der Waals surface area contributed by atoms with Gasteiger partial charge in [-0.3, -0.25) is 4.79 Å². The average Bonchev–Trinajstić information content (AvgIpc) is 2.38. The highest BCUT2D eigenvalue weighted by Crippen LogP contribution is 2.30. The molecule has 2 rings (SSSR count). The van der Waals surface area contributed by atoms with Crippen LogP contribution in [0.1, 0.15) is 25.5 Å². The number of piperidine rings is 1. The molecule has 0 spiro atoms. The van der Waals surface area contributed by atoms with Crippen LogP contribution in [0, 0.1) is 5.92 Å². The van der Waals surface area contributed by atoms with Gasteiger partial charge >= 0.3 is 6.18 Å². The van der Waals surface area contributed by atoms with Gasteiger partial charge in [0, 0.05) is 18.8 Å². The van der Waals surface area contributed by atoms with Crippen LogP contribution in [0.3, 0.4) is 0 Å². The number of halogens is 3. The fourth-order valence-corrected chi connectivity index (χ4v) is 2.26. The predicted molar refractivity (Wildman–Crippen MR) is 65.8 cm³/mol. The van der Waals surface area contributed by atoms with Crippen LogP contribution in [0.2, 0.25) is 0 Å². The lowest BCUT2D eigenvalue weighted by Gasteiger charge is -2.36. The minimum absolute atomic E-state index is 0.0155. The molecule has 2 heterocycles. The van der Waals surface area contributed by atoms with E-state index in [9.17, 15) is 18.0 Å². The van der Waals surface area contributed by atoms with Gasteiger partial charge < -0.3 is 10.6 Å². The molecule has 5 nitrogen and oxygen atoms in total. The molecular weight excluding hydrogens is 273 g/mol. The minimum Gasteiger partial charge on any atom is -0.369 e. The number of carbonyl (C=O) groups is 1. The van der Waals surface area contributed by atoms with Gasteiger partial charge in [0.25, 0.3) is 0 Å². The van der Waals surface area contributed by atoms with Crippen LogP contribution in [0.25, 0.3) is 0 Å². The Kier molecular flexibility index (Phi) is 3.82. The summed E-state index contributed by atoms with van der Waals surface area (Å²) in [5, 5.41) is 0. The fraction of sp³-hybridized carbons (Fsp3) is 0.583. The van der Waals surface area contributed by atoms with Gasteiger partial charge in [0.15, 0.2) is 0 Å². The Bertz CT molecular complexity index is 506. The molecule has 0 radical (unpaired) electrons. The molecule has 1 aromatic rings. The van der Waals surface area contributed by atoms with Gasteiger partial charge in [0.05, 0.1) is 5.92 Å². The molecule has 110 valence electrons. The van der Waals surface area contributed by atoms with Crippen molar-refractivity contribution in [3.05, 3.63) is 18.0 Å². The summed E-state index contributed by atoms with van der Waals surface area (Å²) in [5.74, 6) is -0.850. The van der Waals surface area contributed by atoms with Gasteiger partial charge in [-0.2, -0.15) is 13.2 Å². The molecule has 1 amide bonds. The molecule has 0 bridgehead atoms. The molecule has 0 unspecified atom stereocenters. The van der Waals surface area contributed by atoms with Crippen molar-refractivity contribution in [3.8, 4) is 0 Å². The SMILES string of the molecule is C[C@@H]1CC[C@H](C(N)=O)CN1c1nccc(C(F)(F)F)n1. The molecule has 1 saturated heterocycles. The number of nitrogens with two attached hydrogens (primary N) is 1. The molecule has 2 N–H and O–H groups in total. The number of primary amides is 1. The van der Waals surface area contributed by atoms with E-state index < -0.39 is 17.8 Å². The van der Waals surface area contributed by atoms with E-state index in [1.54, 1.807) is 4.90 Å². The largest absolute Gasteiger partial charge is 0.433 e. The smallest absolute Gasteiger partial charge is 0.369 e. The van der Waals surface area contributed by atoms with E-state index in [0.717, 1.165) is 12.3 Å². The molecule has 1 aliphatic heterocycles. The first-order valence-corrected chi connectivity index (χ1v) is 6.25. The summed E-state index contributed by atoms with van der Waals surface area (Å²) in [5.41, 5.74) is 4.28. The van der Waals surface area contributed by atoms with Gasteiger partial charge in [-0.15, -0.1) is 0 Å². The van der Waals surface area contributed by atoms with Crippen molar-refractivity contribution in [2.75, 3.05) is 11.4 Å². The molecule has 2 atom stereocenters. The predicted octanol–water partition coefficient (Wildman–Crippen LogP) is 1.59. The van der Waals surface area contributed by atoms with Crippen molar-refractivity contribution in [3.63, 3.8) is 0 Å².